The maximum absolute atomic E-state index is 13.4. The van der Waals surface area contributed by atoms with Crippen LogP contribution in [0.5, 0.6) is 11.5 Å². The van der Waals surface area contributed by atoms with Gasteiger partial charge in [-0.2, -0.15) is 0 Å². The average molecular weight is 434 g/mol. The van der Waals surface area contributed by atoms with Gasteiger partial charge in [0.05, 0.1) is 23.5 Å². The van der Waals surface area contributed by atoms with Gasteiger partial charge in [0.2, 0.25) is 0 Å². The third-order valence-electron chi connectivity index (χ3n) is 5.60. The third kappa shape index (κ3) is 3.17. The van der Waals surface area contributed by atoms with E-state index in [2.05, 4.69) is 4.98 Å². The lowest BCUT2D eigenvalue weighted by Crippen LogP contribution is -2.41. The van der Waals surface area contributed by atoms with Crippen molar-refractivity contribution in [1.29, 1.82) is 0 Å². The molecule has 3 aliphatic rings. The van der Waals surface area contributed by atoms with E-state index < -0.39 is 6.10 Å². The van der Waals surface area contributed by atoms with E-state index in [-0.39, 0.29) is 37.1 Å². The molecule has 1 aromatic heterocycles. The predicted octanol–water partition coefficient (Wildman–Crippen LogP) is 1.03. The number of pyridine rings is 1. The number of aromatic nitrogens is 1. The Labute approximate surface area is 184 Å². The van der Waals surface area contributed by atoms with Crippen LogP contribution >= 0.6 is 0 Å². The van der Waals surface area contributed by atoms with Crippen molar-refractivity contribution >= 4 is 28.9 Å². The molecule has 3 heterocycles. The van der Waals surface area contributed by atoms with Gasteiger partial charge in [-0.05, 0) is 44.4 Å². The highest BCUT2D eigenvalue weighted by Gasteiger charge is 2.49. The quantitative estimate of drug-likeness (QED) is 0.677. The summed E-state index contributed by atoms with van der Waals surface area (Å²) in [5, 5.41) is 9.09. The maximum atomic E-state index is 13.4. The molecule has 32 heavy (non-hydrogen) atoms. The van der Waals surface area contributed by atoms with Gasteiger partial charge >= 0.3 is 0 Å². The molecule has 0 saturated heterocycles. The molecule has 164 valence electrons. The van der Waals surface area contributed by atoms with Crippen LogP contribution in [0.3, 0.4) is 0 Å². The predicted molar refractivity (Wildman–Crippen MR) is 116 cm³/mol. The van der Waals surface area contributed by atoms with E-state index in [1.165, 1.54) is 4.90 Å². The van der Waals surface area contributed by atoms with Gasteiger partial charge < -0.3 is 19.5 Å². The summed E-state index contributed by atoms with van der Waals surface area (Å²) >= 11 is 0. The van der Waals surface area contributed by atoms with E-state index in [0.717, 1.165) is 0 Å². The number of ether oxygens (including phenoxy) is 2. The lowest BCUT2D eigenvalue weighted by Gasteiger charge is -2.30. The minimum atomic E-state index is -0.792. The monoisotopic (exact) mass is 434 g/mol. The van der Waals surface area contributed by atoms with Crippen LogP contribution in [-0.4, -0.2) is 83.9 Å². The van der Waals surface area contributed by atoms with Crippen molar-refractivity contribution in [3.8, 4) is 11.5 Å². The normalized spacial score (nSPS) is 18.7. The van der Waals surface area contributed by atoms with Crippen LogP contribution in [0.1, 0.15) is 11.1 Å². The summed E-state index contributed by atoms with van der Waals surface area (Å²) in [5.41, 5.74) is 2.40. The van der Waals surface area contributed by atoms with Gasteiger partial charge in [0.1, 0.15) is 12.4 Å². The molecule has 1 unspecified atom stereocenters. The molecule has 2 aliphatic heterocycles. The van der Waals surface area contributed by atoms with Crippen molar-refractivity contribution in [2.75, 3.05) is 40.4 Å². The first-order valence-electron chi connectivity index (χ1n) is 10.3. The minimum absolute atomic E-state index is 0.122. The zero-order chi connectivity index (χ0) is 22.4. The summed E-state index contributed by atoms with van der Waals surface area (Å²) in [6.45, 7) is 0.803. The van der Waals surface area contributed by atoms with E-state index in [9.17, 15) is 9.59 Å². The minimum Gasteiger partial charge on any atom is -0.491 e. The molecule has 0 fully saturated rings. The zero-order valence-corrected chi connectivity index (χ0v) is 17.7. The molecule has 2 aromatic rings. The smallest absolute Gasteiger partial charge is 0.262 e. The lowest BCUT2D eigenvalue weighted by atomic mass is 9.82. The Hall–Kier alpha value is -3.56. The summed E-state index contributed by atoms with van der Waals surface area (Å²) in [6, 6.07) is 8.75. The van der Waals surface area contributed by atoms with E-state index in [0.29, 0.717) is 46.3 Å². The first kappa shape index (κ1) is 20.3. The standard InChI is InChI=1S/C23H22N4O5/c1-26(2)8-9-27-22(29)17-15-12-13(31-11-10-28)5-6-14(15)19-20(18(17)23(27)30)32-16-4-3-7-24-21(16)25-19/h3-7,12,20,28H,8-11H2,1-2H3. The van der Waals surface area contributed by atoms with E-state index in [1.54, 1.807) is 36.5 Å². The highest BCUT2D eigenvalue weighted by molar-refractivity contribution is 6.41. The average Bonchev–Trinajstić information content (AvgIpc) is 3.05. The number of aliphatic hydroxyl groups excluding tert-OH is 1. The van der Waals surface area contributed by atoms with Gasteiger partial charge in [0.15, 0.2) is 17.7 Å². The van der Waals surface area contributed by atoms with Gasteiger partial charge in [0.25, 0.3) is 11.8 Å². The first-order valence-corrected chi connectivity index (χ1v) is 10.3. The molecule has 0 bridgehead atoms. The molecule has 5 rings (SSSR count). The highest BCUT2D eigenvalue weighted by atomic mass is 16.5. The Balaban J connectivity index is 1.66. The molecule has 1 atom stereocenters. The molecule has 1 aromatic carbocycles. The second kappa shape index (κ2) is 7.85. The van der Waals surface area contributed by atoms with Gasteiger partial charge in [0, 0.05) is 30.4 Å². The van der Waals surface area contributed by atoms with Gasteiger partial charge in [-0.25, -0.2) is 9.98 Å². The number of hydrogen-bond donors (Lipinski definition) is 1. The van der Waals surface area contributed by atoms with Crippen LogP contribution in [0.25, 0.3) is 5.57 Å². The Morgan fingerprint density at radius 1 is 1.19 bits per heavy atom. The number of aliphatic hydroxyl groups is 1. The summed E-state index contributed by atoms with van der Waals surface area (Å²) in [4.78, 5) is 39.0. The molecule has 9 heteroatoms. The fourth-order valence-electron chi connectivity index (χ4n) is 4.12. The number of likely N-dealkylation sites (N-methyl/N-ethyl adjacent to an activating group) is 1. The second-order valence-corrected chi connectivity index (χ2v) is 7.95. The van der Waals surface area contributed by atoms with Crippen molar-refractivity contribution in [2.45, 2.75) is 6.10 Å². The van der Waals surface area contributed by atoms with E-state index >= 15 is 0 Å². The Bertz CT molecular complexity index is 1190. The topological polar surface area (TPSA) is 105 Å². The van der Waals surface area contributed by atoms with Crippen molar-refractivity contribution in [1.82, 2.24) is 14.8 Å². The van der Waals surface area contributed by atoms with E-state index in [4.69, 9.17) is 19.6 Å². The summed E-state index contributed by atoms with van der Waals surface area (Å²) in [6.07, 6.45) is 0.833. The summed E-state index contributed by atoms with van der Waals surface area (Å²) < 4.78 is 11.7. The third-order valence-corrected chi connectivity index (χ3v) is 5.60. The SMILES string of the molecule is CN(C)CCN1C(=O)C2=C(C1=O)C1Oc3cccnc3N=C1c1ccc(OCCO)cc12. The van der Waals surface area contributed by atoms with Crippen LogP contribution in [0.4, 0.5) is 5.82 Å². The van der Waals surface area contributed by atoms with Crippen molar-refractivity contribution < 1.29 is 24.2 Å². The van der Waals surface area contributed by atoms with Gasteiger partial charge in [-0.1, -0.05) is 0 Å². The second-order valence-electron chi connectivity index (χ2n) is 7.95. The number of imide groups is 1. The molecule has 2 amide bonds. The van der Waals surface area contributed by atoms with Crippen LogP contribution in [0.15, 0.2) is 47.1 Å². The number of nitrogens with zero attached hydrogens (tertiary/aromatic N) is 4. The summed E-state index contributed by atoms with van der Waals surface area (Å²) in [7, 11) is 3.77. The number of carbonyl (C=O) groups excluding carboxylic acids is 2. The molecule has 0 saturated carbocycles. The number of rotatable bonds is 6. The Morgan fingerprint density at radius 3 is 2.81 bits per heavy atom. The fraction of sp³-hybridized carbons (Fsp3) is 0.304. The molecule has 9 nitrogen and oxygen atoms in total. The zero-order valence-electron chi connectivity index (χ0n) is 17.7. The van der Waals surface area contributed by atoms with Crippen LogP contribution < -0.4 is 9.47 Å². The fourth-order valence-corrected chi connectivity index (χ4v) is 4.12. The molecular weight excluding hydrogens is 412 g/mol. The summed E-state index contributed by atoms with van der Waals surface area (Å²) in [5.74, 6) is 0.657. The molecular formula is C23H22N4O5. The number of benzene rings is 1. The van der Waals surface area contributed by atoms with Crippen LogP contribution in [0.2, 0.25) is 0 Å². The molecule has 1 N–H and O–H groups in total. The molecule has 1 aliphatic carbocycles. The van der Waals surface area contributed by atoms with Crippen molar-refractivity contribution in [2.24, 2.45) is 4.99 Å². The molecule has 0 radical (unpaired) electrons. The Kier molecular flexibility index (Phi) is 4.99. The number of fused-ring (bicyclic) bond motifs is 6. The number of carbonyl (C=O) groups is 2. The van der Waals surface area contributed by atoms with E-state index in [1.807, 2.05) is 19.0 Å². The maximum Gasteiger partial charge on any atom is 0.262 e. The number of aliphatic imine (C=N–C) groups is 1. The van der Waals surface area contributed by atoms with Gasteiger partial charge in [-0.15, -0.1) is 0 Å². The van der Waals surface area contributed by atoms with Crippen molar-refractivity contribution in [3.63, 3.8) is 0 Å². The Morgan fingerprint density at radius 2 is 2.03 bits per heavy atom. The highest BCUT2D eigenvalue weighted by Crippen LogP contribution is 2.44. The van der Waals surface area contributed by atoms with Crippen LogP contribution in [0, 0.1) is 0 Å². The largest absolute Gasteiger partial charge is 0.491 e. The van der Waals surface area contributed by atoms with Crippen molar-refractivity contribution in [3.05, 3.63) is 53.2 Å². The number of amides is 2. The van der Waals surface area contributed by atoms with Gasteiger partial charge in [-0.3, -0.25) is 14.5 Å². The van der Waals surface area contributed by atoms with Crippen LogP contribution in [-0.2, 0) is 9.59 Å². The lowest BCUT2D eigenvalue weighted by molar-refractivity contribution is -0.137. The number of hydrogen-bond acceptors (Lipinski definition) is 8. The molecule has 0 spiro atoms. The first-order chi connectivity index (χ1) is 15.5.